The summed E-state index contributed by atoms with van der Waals surface area (Å²) in [6.07, 6.45) is 0. The number of ketones is 1. The van der Waals surface area contributed by atoms with E-state index >= 15 is 0 Å². The van der Waals surface area contributed by atoms with Crippen LogP contribution in [-0.4, -0.2) is 30.2 Å². The number of esters is 1. The number of Topliss-reactive ketones (excluding diaryl/α,β-unsaturated/α-hetero) is 1. The van der Waals surface area contributed by atoms with Gasteiger partial charge in [-0.15, -0.1) is 0 Å². The van der Waals surface area contributed by atoms with Crippen molar-refractivity contribution in [2.24, 2.45) is 0 Å². The molecule has 0 aliphatic carbocycles. The molecule has 0 heterocycles. The van der Waals surface area contributed by atoms with Crippen molar-refractivity contribution in [2.45, 2.75) is 13.0 Å². The third kappa shape index (κ3) is 5.89. The summed E-state index contributed by atoms with van der Waals surface area (Å²) in [5.74, 6) is -2.04. The molecular weight excluding hydrogens is 408 g/mol. The molecule has 0 radical (unpaired) electrons. The summed E-state index contributed by atoms with van der Waals surface area (Å²) < 4.78 is 5.18. The number of ether oxygens (including phenoxy) is 1. The normalized spacial score (nSPS) is 11.2. The minimum atomic E-state index is -1.10. The summed E-state index contributed by atoms with van der Waals surface area (Å²) in [5.41, 5.74) is 1.59. The molecular formula is C25H22N2O5. The zero-order valence-corrected chi connectivity index (χ0v) is 17.4. The minimum absolute atomic E-state index is 0.203. The Hall–Kier alpha value is -4.26. The van der Waals surface area contributed by atoms with Crippen LogP contribution in [0.25, 0.3) is 0 Å². The molecule has 0 fully saturated rings. The Bertz CT molecular complexity index is 1110. The lowest BCUT2D eigenvalue weighted by Crippen LogP contribution is -2.36. The van der Waals surface area contributed by atoms with E-state index in [-0.39, 0.29) is 5.78 Å². The maximum absolute atomic E-state index is 12.8. The van der Waals surface area contributed by atoms with Crippen LogP contribution in [0.3, 0.4) is 0 Å². The molecule has 1 atom stereocenters. The van der Waals surface area contributed by atoms with Crippen molar-refractivity contribution in [2.75, 3.05) is 11.9 Å². The maximum Gasteiger partial charge on any atom is 0.333 e. The summed E-state index contributed by atoms with van der Waals surface area (Å²) in [4.78, 5) is 49.4. The van der Waals surface area contributed by atoms with Gasteiger partial charge < -0.3 is 15.4 Å². The predicted octanol–water partition coefficient (Wildman–Crippen LogP) is 3.54. The summed E-state index contributed by atoms with van der Waals surface area (Å²) in [6, 6.07) is 22.5. The summed E-state index contributed by atoms with van der Waals surface area (Å²) in [7, 11) is 0. The first-order valence-corrected chi connectivity index (χ1v) is 9.93. The first kappa shape index (κ1) is 22.4. The third-order valence-electron chi connectivity index (χ3n) is 4.61. The Morgan fingerprint density at radius 3 is 2.06 bits per heavy atom. The number of amides is 2. The fourth-order valence-corrected chi connectivity index (χ4v) is 3.03. The highest BCUT2D eigenvalue weighted by atomic mass is 16.5. The molecule has 0 saturated carbocycles. The highest BCUT2D eigenvalue weighted by molar-refractivity contribution is 6.04. The molecule has 3 aromatic carbocycles. The van der Waals surface area contributed by atoms with Crippen LogP contribution in [0.2, 0.25) is 0 Å². The van der Waals surface area contributed by atoms with Gasteiger partial charge in [0.25, 0.3) is 11.8 Å². The number of benzene rings is 3. The van der Waals surface area contributed by atoms with Crippen molar-refractivity contribution < 1.29 is 23.9 Å². The van der Waals surface area contributed by atoms with Gasteiger partial charge in [0.1, 0.15) is 0 Å². The van der Waals surface area contributed by atoms with Gasteiger partial charge in [-0.05, 0) is 36.8 Å². The number of carbonyl (C=O) groups is 4. The minimum Gasteiger partial charge on any atom is -0.454 e. The molecule has 0 aliphatic heterocycles. The lowest BCUT2D eigenvalue weighted by atomic mass is 10.1. The van der Waals surface area contributed by atoms with Crippen molar-refractivity contribution in [3.05, 3.63) is 102 Å². The van der Waals surface area contributed by atoms with Gasteiger partial charge >= 0.3 is 5.97 Å². The average molecular weight is 430 g/mol. The first-order valence-electron chi connectivity index (χ1n) is 9.93. The van der Waals surface area contributed by atoms with Crippen LogP contribution in [0.15, 0.2) is 84.9 Å². The Labute approximate surface area is 185 Å². The molecule has 0 spiro atoms. The Kier molecular flexibility index (Phi) is 7.48. The largest absolute Gasteiger partial charge is 0.454 e. The second-order valence-electron chi connectivity index (χ2n) is 6.94. The topological polar surface area (TPSA) is 102 Å². The summed E-state index contributed by atoms with van der Waals surface area (Å²) >= 11 is 0. The molecule has 7 heteroatoms. The molecule has 0 aliphatic rings. The van der Waals surface area contributed by atoms with Crippen molar-refractivity contribution in [3.8, 4) is 0 Å². The van der Waals surface area contributed by atoms with E-state index < -0.39 is 30.4 Å². The van der Waals surface area contributed by atoms with Gasteiger partial charge in [-0.25, -0.2) is 4.79 Å². The quantitative estimate of drug-likeness (QED) is 0.420. The van der Waals surface area contributed by atoms with Crippen LogP contribution in [-0.2, 0) is 14.3 Å². The van der Waals surface area contributed by atoms with Crippen LogP contribution in [0.5, 0.6) is 0 Å². The van der Waals surface area contributed by atoms with E-state index in [1.807, 2.05) is 0 Å². The molecule has 3 aromatic rings. The number of carbonyl (C=O) groups excluding carboxylic acids is 4. The molecule has 7 nitrogen and oxygen atoms in total. The number of nitrogens with one attached hydrogen (secondary N) is 2. The molecule has 162 valence electrons. The average Bonchev–Trinajstić information content (AvgIpc) is 2.82. The molecule has 32 heavy (non-hydrogen) atoms. The van der Waals surface area contributed by atoms with Crippen LogP contribution in [0.1, 0.15) is 39.2 Å². The van der Waals surface area contributed by atoms with Crippen molar-refractivity contribution in [3.63, 3.8) is 0 Å². The van der Waals surface area contributed by atoms with Gasteiger partial charge in [0.15, 0.2) is 18.4 Å². The van der Waals surface area contributed by atoms with E-state index in [0.717, 1.165) is 0 Å². The van der Waals surface area contributed by atoms with Gasteiger partial charge in [-0.3, -0.25) is 14.4 Å². The lowest BCUT2D eigenvalue weighted by Gasteiger charge is -2.18. The maximum atomic E-state index is 12.8. The molecule has 0 aromatic heterocycles. The van der Waals surface area contributed by atoms with Crippen LogP contribution >= 0.6 is 0 Å². The zero-order valence-electron chi connectivity index (χ0n) is 17.4. The number of rotatable bonds is 8. The van der Waals surface area contributed by atoms with Crippen molar-refractivity contribution in [1.29, 1.82) is 0 Å². The fraction of sp³-hybridized carbons (Fsp3) is 0.120. The van der Waals surface area contributed by atoms with E-state index in [0.29, 0.717) is 22.4 Å². The van der Waals surface area contributed by atoms with E-state index in [1.165, 1.54) is 6.92 Å². The first-order chi connectivity index (χ1) is 15.5. The van der Waals surface area contributed by atoms with Gasteiger partial charge in [0.05, 0.1) is 5.69 Å². The second kappa shape index (κ2) is 10.7. The van der Waals surface area contributed by atoms with Gasteiger partial charge in [0, 0.05) is 11.1 Å². The predicted molar refractivity (Wildman–Crippen MR) is 119 cm³/mol. The summed E-state index contributed by atoms with van der Waals surface area (Å²) in [5, 5.41) is 5.23. The van der Waals surface area contributed by atoms with Crippen molar-refractivity contribution in [1.82, 2.24) is 5.32 Å². The molecule has 3 rings (SSSR count). The van der Waals surface area contributed by atoms with Crippen LogP contribution in [0.4, 0.5) is 5.69 Å². The Morgan fingerprint density at radius 2 is 1.41 bits per heavy atom. The lowest BCUT2D eigenvalue weighted by molar-refractivity contribution is -0.149. The molecule has 2 N–H and O–H groups in total. The van der Waals surface area contributed by atoms with Gasteiger partial charge in [0.2, 0.25) is 0 Å². The van der Waals surface area contributed by atoms with Gasteiger partial charge in [-0.1, -0.05) is 60.7 Å². The van der Waals surface area contributed by atoms with E-state index in [2.05, 4.69) is 10.6 Å². The Balaban J connectivity index is 1.68. The molecule has 0 saturated heterocycles. The highest BCUT2D eigenvalue weighted by Crippen LogP contribution is 2.17. The number of hydrogen-bond acceptors (Lipinski definition) is 5. The van der Waals surface area contributed by atoms with E-state index in [1.54, 1.807) is 84.9 Å². The fourth-order valence-electron chi connectivity index (χ4n) is 3.03. The van der Waals surface area contributed by atoms with E-state index in [9.17, 15) is 19.2 Å². The second-order valence-corrected chi connectivity index (χ2v) is 6.94. The summed E-state index contributed by atoms with van der Waals surface area (Å²) in [6.45, 7) is 0.820. The number of para-hydroxylation sites is 1. The third-order valence-corrected chi connectivity index (χ3v) is 4.61. The molecule has 1 unspecified atom stereocenters. The number of anilines is 1. The smallest absolute Gasteiger partial charge is 0.333 e. The number of hydrogen-bond donors (Lipinski definition) is 2. The van der Waals surface area contributed by atoms with Crippen LogP contribution in [0, 0.1) is 0 Å². The molecule has 2 amide bonds. The van der Waals surface area contributed by atoms with Crippen molar-refractivity contribution >= 4 is 29.3 Å². The molecule has 0 bridgehead atoms. The highest BCUT2D eigenvalue weighted by Gasteiger charge is 2.25. The van der Waals surface area contributed by atoms with Crippen LogP contribution < -0.4 is 10.6 Å². The zero-order chi connectivity index (χ0) is 22.9. The van der Waals surface area contributed by atoms with E-state index in [4.69, 9.17) is 4.74 Å². The Morgan fingerprint density at radius 1 is 0.812 bits per heavy atom. The SMILES string of the molecule is CC(=O)c1ccccc1NC(=O)COC(=O)C(NC(=O)c1ccccc1)c1ccccc1. The monoisotopic (exact) mass is 430 g/mol. The van der Waals surface area contributed by atoms with Gasteiger partial charge in [-0.2, -0.15) is 0 Å². The standard InChI is InChI=1S/C25H22N2O5/c1-17(28)20-14-8-9-15-21(20)26-22(29)16-32-25(31)23(18-10-4-2-5-11-18)27-24(30)19-12-6-3-7-13-19/h2-15,23H,16H2,1H3,(H,26,29)(H,27,30).